The number of hydrogen-bond acceptors (Lipinski definition) is 5. The van der Waals surface area contributed by atoms with Crippen LogP contribution >= 0.6 is 0 Å². The van der Waals surface area contributed by atoms with Gasteiger partial charge in [0.25, 0.3) is 0 Å². The monoisotopic (exact) mass is 312 g/mol. The second-order valence-corrected chi connectivity index (χ2v) is 6.36. The van der Waals surface area contributed by atoms with Gasteiger partial charge in [-0.25, -0.2) is 9.59 Å². The molecule has 1 saturated carbocycles. The minimum absolute atomic E-state index is 0.00842. The maximum atomic E-state index is 11.5. The fourth-order valence-electron chi connectivity index (χ4n) is 2.78. The lowest BCUT2D eigenvalue weighted by Crippen LogP contribution is -2.33. The summed E-state index contributed by atoms with van der Waals surface area (Å²) in [6, 6.07) is 0. The van der Waals surface area contributed by atoms with Crippen molar-refractivity contribution in [3.05, 3.63) is 12.2 Å². The number of carbonyl (C=O) groups is 2. The van der Waals surface area contributed by atoms with Crippen molar-refractivity contribution in [2.75, 3.05) is 19.8 Å². The van der Waals surface area contributed by atoms with Crippen molar-refractivity contribution in [3.63, 3.8) is 0 Å². The van der Waals surface area contributed by atoms with Crippen molar-refractivity contribution in [2.24, 2.45) is 23.7 Å². The zero-order chi connectivity index (χ0) is 16.7. The minimum atomic E-state index is -0.704. The molecular formula is C17H28O5. The Kier molecular flexibility index (Phi) is 7.42. The van der Waals surface area contributed by atoms with Gasteiger partial charge in [0.1, 0.15) is 13.2 Å². The van der Waals surface area contributed by atoms with Gasteiger partial charge in [0.2, 0.25) is 0 Å². The van der Waals surface area contributed by atoms with Gasteiger partial charge in [0.15, 0.2) is 0 Å². The molecule has 0 spiro atoms. The van der Waals surface area contributed by atoms with Crippen LogP contribution in [0, 0.1) is 23.7 Å². The van der Waals surface area contributed by atoms with Crippen molar-refractivity contribution in [3.8, 4) is 0 Å². The molecule has 0 aliphatic heterocycles. The van der Waals surface area contributed by atoms with Gasteiger partial charge >= 0.3 is 12.1 Å². The maximum absolute atomic E-state index is 11.5. The molecule has 0 heterocycles. The molecule has 0 aromatic carbocycles. The smallest absolute Gasteiger partial charge is 0.459 e. The molecule has 126 valence electrons. The molecule has 1 rings (SSSR count). The van der Waals surface area contributed by atoms with Gasteiger partial charge in [-0.2, -0.15) is 0 Å². The van der Waals surface area contributed by atoms with E-state index in [2.05, 4.69) is 27.4 Å². The zero-order valence-corrected chi connectivity index (χ0v) is 14.1. The topological polar surface area (TPSA) is 61.8 Å². The number of hydrogen-bond donors (Lipinski definition) is 0. The highest BCUT2D eigenvalue weighted by atomic mass is 16.7. The first kappa shape index (κ1) is 18.5. The van der Waals surface area contributed by atoms with E-state index in [1.54, 1.807) is 6.92 Å². The SMILES string of the molecule is C=C(C)C(=O)OCCOC(=O)OCC1CCC(C)C(C)C1C. The van der Waals surface area contributed by atoms with E-state index >= 15 is 0 Å². The van der Waals surface area contributed by atoms with Gasteiger partial charge in [0.05, 0.1) is 6.61 Å². The predicted octanol–water partition coefficient (Wildman–Crippen LogP) is 3.58. The first-order chi connectivity index (χ1) is 10.3. The van der Waals surface area contributed by atoms with Gasteiger partial charge in [-0.15, -0.1) is 0 Å². The number of rotatable bonds is 6. The fraction of sp³-hybridized carbons (Fsp3) is 0.765. The highest BCUT2D eigenvalue weighted by Crippen LogP contribution is 2.38. The summed E-state index contributed by atoms with van der Waals surface area (Å²) >= 11 is 0. The van der Waals surface area contributed by atoms with Crippen LogP contribution in [-0.4, -0.2) is 31.9 Å². The van der Waals surface area contributed by atoms with Gasteiger partial charge < -0.3 is 14.2 Å². The Bertz CT molecular complexity index is 404. The molecule has 22 heavy (non-hydrogen) atoms. The van der Waals surface area contributed by atoms with Gasteiger partial charge in [-0.1, -0.05) is 33.8 Å². The lowest BCUT2D eigenvalue weighted by atomic mass is 9.69. The normalized spacial score (nSPS) is 27.8. The van der Waals surface area contributed by atoms with E-state index in [9.17, 15) is 9.59 Å². The standard InChI is InChI=1S/C17H28O5/c1-11(2)16(18)20-8-9-21-17(19)22-10-15-7-6-12(3)13(4)14(15)5/h12-15H,1,6-10H2,2-5H3. The third kappa shape index (κ3) is 5.70. The lowest BCUT2D eigenvalue weighted by Gasteiger charge is -2.38. The molecule has 1 aliphatic carbocycles. The van der Waals surface area contributed by atoms with Crippen LogP contribution in [0.3, 0.4) is 0 Å². The molecule has 1 fully saturated rings. The summed E-state index contributed by atoms with van der Waals surface area (Å²) in [7, 11) is 0. The van der Waals surface area contributed by atoms with Crippen LogP contribution in [0.1, 0.15) is 40.5 Å². The van der Waals surface area contributed by atoms with Crippen molar-refractivity contribution < 1.29 is 23.8 Å². The van der Waals surface area contributed by atoms with E-state index in [4.69, 9.17) is 14.2 Å². The molecule has 4 atom stereocenters. The summed E-state index contributed by atoms with van der Waals surface area (Å²) < 4.78 is 14.9. The molecule has 0 aromatic heterocycles. The highest BCUT2D eigenvalue weighted by molar-refractivity contribution is 5.86. The number of carbonyl (C=O) groups excluding carboxylic acids is 2. The Labute approximate surface area is 133 Å². The van der Waals surface area contributed by atoms with Gasteiger partial charge in [-0.05, 0) is 37.0 Å². The van der Waals surface area contributed by atoms with Crippen molar-refractivity contribution in [1.29, 1.82) is 0 Å². The second-order valence-electron chi connectivity index (χ2n) is 6.36. The van der Waals surface area contributed by atoms with E-state index in [1.165, 1.54) is 6.42 Å². The Hall–Kier alpha value is -1.52. The number of ether oxygens (including phenoxy) is 3. The Balaban J connectivity index is 2.18. The summed E-state index contributed by atoms with van der Waals surface area (Å²) in [6.07, 6.45) is 1.55. The Morgan fingerprint density at radius 1 is 1.00 bits per heavy atom. The van der Waals surface area contributed by atoms with Crippen LogP contribution in [0.4, 0.5) is 4.79 Å². The fourth-order valence-corrected chi connectivity index (χ4v) is 2.78. The summed E-state index contributed by atoms with van der Waals surface area (Å²) in [5.41, 5.74) is 0.317. The van der Waals surface area contributed by atoms with Crippen LogP contribution in [0.2, 0.25) is 0 Å². The maximum Gasteiger partial charge on any atom is 0.508 e. The zero-order valence-electron chi connectivity index (χ0n) is 14.1. The summed E-state index contributed by atoms with van der Waals surface area (Å²) in [5.74, 6) is 1.80. The summed E-state index contributed by atoms with van der Waals surface area (Å²) in [5, 5.41) is 0. The van der Waals surface area contributed by atoms with E-state index in [0.29, 0.717) is 29.9 Å². The Morgan fingerprint density at radius 2 is 1.64 bits per heavy atom. The third-order valence-corrected chi connectivity index (χ3v) is 4.76. The molecule has 5 heteroatoms. The van der Waals surface area contributed by atoms with E-state index in [-0.39, 0.29) is 13.2 Å². The molecule has 1 aliphatic rings. The van der Waals surface area contributed by atoms with Crippen LogP contribution in [-0.2, 0) is 19.0 Å². The van der Waals surface area contributed by atoms with E-state index in [1.807, 2.05) is 0 Å². The lowest BCUT2D eigenvalue weighted by molar-refractivity contribution is -0.140. The molecular weight excluding hydrogens is 284 g/mol. The first-order valence-corrected chi connectivity index (χ1v) is 7.95. The molecule has 0 amide bonds. The summed E-state index contributed by atoms with van der Waals surface area (Å²) in [4.78, 5) is 22.6. The molecule has 0 aromatic rings. The van der Waals surface area contributed by atoms with E-state index in [0.717, 1.165) is 12.3 Å². The molecule has 0 radical (unpaired) electrons. The van der Waals surface area contributed by atoms with Crippen molar-refractivity contribution >= 4 is 12.1 Å². The average molecular weight is 312 g/mol. The molecule has 0 N–H and O–H groups in total. The summed E-state index contributed by atoms with van der Waals surface area (Å²) in [6.45, 7) is 12.2. The number of esters is 1. The molecule has 0 bridgehead atoms. The van der Waals surface area contributed by atoms with Crippen LogP contribution in [0.15, 0.2) is 12.2 Å². The molecule has 0 saturated heterocycles. The van der Waals surface area contributed by atoms with Gasteiger partial charge in [-0.3, -0.25) is 0 Å². The largest absolute Gasteiger partial charge is 0.508 e. The third-order valence-electron chi connectivity index (χ3n) is 4.76. The van der Waals surface area contributed by atoms with Crippen molar-refractivity contribution in [1.82, 2.24) is 0 Å². The van der Waals surface area contributed by atoms with Crippen LogP contribution in [0.5, 0.6) is 0 Å². The average Bonchev–Trinajstić information content (AvgIpc) is 2.48. The first-order valence-electron chi connectivity index (χ1n) is 7.95. The van der Waals surface area contributed by atoms with Crippen LogP contribution < -0.4 is 0 Å². The highest BCUT2D eigenvalue weighted by Gasteiger charge is 2.32. The Morgan fingerprint density at radius 3 is 2.27 bits per heavy atom. The van der Waals surface area contributed by atoms with Gasteiger partial charge in [0, 0.05) is 5.57 Å². The van der Waals surface area contributed by atoms with Crippen LogP contribution in [0.25, 0.3) is 0 Å². The quantitative estimate of drug-likeness (QED) is 0.426. The second kappa shape index (κ2) is 8.81. The molecule has 5 nitrogen and oxygen atoms in total. The minimum Gasteiger partial charge on any atom is -0.459 e. The van der Waals surface area contributed by atoms with E-state index < -0.39 is 12.1 Å². The predicted molar refractivity (Wildman–Crippen MR) is 83.3 cm³/mol. The van der Waals surface area contributed by atoms with Crippen molar-refractivity contribution in [2.45, 2.75) is 40.5 Å². The molecule has 4 unspecified atom stereocenters.